The van der Waals surface area contributed by atoms with E-state index in [9.17, 15) is 4.39 Å². The largest absolute Gasteiger partial charge is 0.454 e. The molecule has 2 aromatic rings. The molecule has 4 rings (SSSR count). The van der Waals surface area contributed by atoms with Crippen LogP contribution in [0.4, 0.5) is 10.1 Å². The van der Waals surface area contributed by atoms with Crippen LogP contribution < -0.4 is 4.74 Å². The number of benzene rings is 2. The van der Waals surface area contributed by atoms with Gasteiger partial charge in [-0.25, -0.2) is 9.38 Å². The Hall–Kier alpha value is -2.40. The molecule has 118 valence electrons. The maximum atomic E-state index is 13.8. The van der Waals surface area contributed by atoms with Gasteiger partial charge in [-0.2, -0.15) is 0 Å². The minimum atomic E-state index is -0.278. The highest BCUT2D eigenvalue weighted by Gasteiger charge is 2.25. The van der Waals surface area contributed by atoms with Crippen LogP contribution in [0.3, 0.4) is 0 Å². The Kier molecular flexibility index (Phi) is 3.50. The SMILES string of the molecule is CN1CCN(C2=Nc3ccccc3Oc3ccc([18F])cc32)CC1. The van der Waals surface area contributed by atoms with Crippen LogP contribution in [0.1, 0.15) is 5.56 Å². The summed E-state index contributed by atoms with van der Waals surface area (Å²) in [5, 5.41) is 0. The first-order valence-electron chi connectivity index (χ1n) is 7.80. The highest BCUT2D eigenvalue weighted by Crippen LogP contribution is 2.38. The van der Waals surface area contributed by atoms with Crippen LogP contribution in [-0.2, 0) is 0 Å². The van der Waals surface area contributed by atoms with Crippen molar-refractivity contribution in [2.24, 2.45) is 4.99 Å². The quantitative estimate of drug-likeness (QED) is 0.747. The molecule has 0 aliphatic carbocycles. The predicted molar refractivity (Wildman–Crippen MR) is 88.2 cm³/mol. The first-order valence-corrected chi connectivity index (χ1v) is 7.80. The Balaban J connectivity index is 1.84. The summed E-state index contributed by atoms with van der Waals surface area (Å²) in [5.74, 6) is 1.86. The van der Waals surface area contributed by atoms with E-state index in [4.69, 9.17) is 9.73 Å². The zero-order valence-corrected chi connectivity index (χ0v) is 13.0. The van der Waals surface area contributed by atoms with Crippen molar-refractivity contribution >= 4 is 11.5 Å². The molecule has 4 nitrogen and oxygen atoms in total. The average Bonchev–Trinajstić information content (AvgIpc) is 2.72. The molecule has 2 aliphatic rings. The zero-order valence-electron chi connectivity index (χ0n) is 13.0. The van der Waals surface area contributed by atoms with Crippen molar-refractivity contribution < 1.29 is 9.13 Å². The lowest BCUT2D eigenvalue weighted by atomic mass is 10.1. The molecule has 0 aromatic heterocycles. The molecule has 23 heavy (non-hydrogen) atoms. The lowest BCUT2D eigenvalue weighted by molar-refractivity contribution is 0.215. The molecular formula is C18H18FN3O. The Morgan fingerprint density at radius 3 is 2.61 bits per heavy atom. The van der Waals surface area contributed by atoms with Crippen LogP contribution in [0.2, 0.25) is 0 Å². The Labute approximate surface area is 134 Å². The summed E-state index contributed by atoms with van der Waals surface area (Å²) in [4.78, 5) is 9.30. The third-order valence-corrected chi connectivity index (χ3v) is 4.30. The lowest BCUT2D eigenvalue weighted by Crippen LogP contribution is -2.47. The molecule has 0 atom stereocenters. The van der Waals surface area contributed by atoms with E-state index in [-0.39, 0.29) is 5.82 Å². The first-order chi connectivity index (χ1) is 11.2. The van der Waals surface area contributed by atoms with Crippen molar-refractivity contribution in [1.29, 1.82) is 0 Å². The molecule has 0 bridgehead atoms. The number of nitrogens with zero attached hydrogens (tertiary/aromatic N) is 3. The number of rotatable bonds is 0. The monoisotopic (exact) mass is 310 g/mol. The fourth-order valence-corrected chi connectivity index (χ4v) is 2.95. The Morgan fingerprint density at radius 2 is 1.78 bits per heavy atom. The average molecular weight is 310 g/mol. The molecule has 2 aliphatic heterocycles. The summed E-state index contributed by atoms with van der Waals surface area (Å²) in [5.41, 5.74) is 1.49. The maximum Gasteiger partial charge on any atom is 0.153 e. The normalized spacial score (nSPS) is 17.7. The molecule has 0 spiro atoms. The predicted octanol–water partition coefficient (Wildman–Crippen LogP) is 3.26. The van der Waals surface area contributed by atoms with E-state index in [1.807, 2.05) is 24.3 Å². The molecule has 1 saturated heterocycles. The minimum absolute atomic E-state index is 0.278. The topological polar surface area (TPSA) is 28.1 Å². The number of fused-ring (bicyclic) bond motifs is 2. The van der Waals surface area contributed by atoms with Crippen LogP contribution in [0.25, 0.3) is 0 Å². The zero-order chi connectivity index (χ0) is 15.8. The number of piperazine rings is 1. The van der Waals surface area contributed by atoms with Gasteiger partial charge in [0.25, 0.3) is 0 Å². The highest BCUT2D eigenvalue weighted by atomic mass is 18.2. The second kappa shape index (κ2) is 5.66. The van der Waals surface area contributed by atoms with Crippen molar-refractivity contribution in [2.75, 3.05) is 33.2 Å². The van der Waals surface area contributed by atoms with Gasteiger partial charge in [-0.3, -0.25) is 0 Å². The van der Waals surface area contributed by atoms with Gasteiger partial charge in [-0.05, 0) is 37.4 Å². The third-order valence-electron chi connectivity index (χ3n) is 4.30. The lowest BCUT2D eigenvalue weighted by Gasteiger charge is -2.34. The van der Waals surface area contributed by atoms with Crippen LogP contribution in [0, 0.1) is 5.82 Å². The Morgan fingerprint density at radius 1 is 1.00 bits per heavy atom. The second-order valence-electron chi connectivity index (χ2n) is 5.94. The van der Waals surface area contributed by atoms with Gasteiger partial charge in [0.2, 0.25) is 0 Å². The molecule has 0 unspecified atom stereocenters. The number of hydrogen-bond donors (Lipinski definition) is 0. The van der Waals surface area contributed by atoms with E-state index in [1.54, 1.807) is 6.07 Å². The minimum Gasteiger partial charge on any atom is -0.454 e. The molecule has 2 aromatic carbocycles. The van der Waals surface area contributed by atoms with Crippen molar-refractivity contribution in [1.82, 2.24) is 9.80 Å². The molecule has 0 radical (unpaired) electrons. The first kappa shape index (κ1) is 14.2. The molecule has 5 heteroatoms. The number of halogens is 1. The van der Waals surface area contributed by atoms with E-state index in [0.717, 1.165) is 37.7 Å². The number of amidine groups is 1. The maximum absolute atomic E-state index is 13.8. The van der Waals surface area contributed by atoms with Gasteiger partial charge in [0, 0.05) is 26.2 Å². The van der Waals surface area contributed by atoms with Gasteiger partial charge in [-0.15, -0.1) is 0 Å². The summed E-state index contributed by atoms with van der Waals surface area (Å²) in [7, 11) is 2.11. The van der Waals surface area contributed by atoms with Crippen LogP contribution in [-0.4, -0.2) is 48.9 Å². The third kappa shape index (κ3) is 2.68. The standard InChI is InChI=1S/C18H18FN3O/c1-21-8-10-22(11-9-21)18-14-12-13(19)6-7-16(14)23-17-5-3-2-4-15(17)20-18/h2-7,12H,8-11H2,1H3/i19-1. The van der Waals surface area contributed by atoms with Gasteiger partial charge in [0.05, 0.1) is 5.56 Å². The van der Waals surface area contributed by atoms with Crippen molar-refractivity contribution in [3.63, 3.8) is 0 Å². The number of likely N-dealkylation sites (N-methyl/N-ethyl adjacent to an activating group) is 1. The van der Waals surface area contributed by atoms with E-state index in [0.29, 0.717) is 17.1 Å². The summed E-state index contributed by atoms with van der Waals surface area (Å²) in [6.45, 7) is 3.67. The fourth-order valence-electron chi connectivity index (χ4n) is 2.95. The molecule has 0 saturated carbocycles. The van der Waals surface area contributed by atoms with Gasteiger partial charge < -0.3 is 14.5 Å². The van der Waals surface area contributed by atoms with Gasteiger partial charge in [0.15, 0.2) is 5.75 Å². The molecule has 2 heterocycles. The van der Waals surface area contributed by atoms with Crippen LogP contribution >= 0.6 is 0 Å². The Bertz CT molecular complexity index is 767. The van der Waals surface area contributed by atoms with Crippen molar-refractivity contribution in [3.8, 4) is 11.5 Å². The fraction of sp³-hybridized carbons (Fsp3) is 0.278. The number of ether oxygens (including phenoxy) is 1. The van der Waals surface area contributed by atoms with Crippen molar-refractivity contribution in [2.45, 2.75) is 0 Å². The smallest absolute Gasteiger partial charge is 0.153 e. The van der Waals surface area contributed by atoms with Gasteiger partial charge >= 0.3 is 0 Å². The van der Waals surface area contributed by atoms with E-state index < -0.39 is 0 Å². The molecule has 0 N–H and O–H groups in total. The van der Waals surface area contributed by atoms with Crippen LogP contribution in [0.15, 0.2) is 47.5 Å². The van der Waals surface area contributed by atoms with E-state index >= 15 is 0 Å². The van der Waals surface area contributed by atoms with E-state index in [2.05, 4.69) is 16.8 Å². The number of hydrogen-bond acceptors (Lipinski definition) is 4. The van der Waals surface area contributed by atoms with Gasteiger partial charge in [0.1, 0.15) is 23.1 Å². The number of para-hydroxylation sites is 2. The summed E-state index contributed by atoms with van der Waals surface area (Å²) < 4.78 is 19.8. The van der Waals surface area contributed by atoms with Crippen LogP contribution in [0.5, 0.6) is 11.5 Å². The molecular weight excluding hydrogens is 292 g/mol. The van der Waals surface area contributed by atoms with E-state index in [1.165, 1.54) is 12.1 Å². The highest BCUT2D eigenvalue weighted by molar-refractivity contribution is 6.03. The van der Waals surface area contributed by atoms with Gasteiger partial charge in [-0.1, -0.05) is 12.1 Å². The number of aliphatic imine (C=N–C) groups is 1. The summed E-state index contributed by atoms with van der Waals surface area (Å²) >= 11 is 0. The summed E-state index contributed by atoms with van der Waals surface area (Å²) in [6, 6.07) is 12.3. The van der Waals surface area contributed by atoms with Crippen molar-refractivity contribution in [3.05, 3.63) is 53.8 Å². The molecule has 1 fully saturated rings. The summed E-state index contributed by atoms with van der Waals surface area (Å²) in [6.07, 6.45) is 0. The molecule has 0 amide bonds. The second-order valence-corrected chi connectivity index (χ2v) is 5.94.